The molecule has 0 spiro atoms. The largest absolute Gasteiger partial charge is 0.352 e. The molecule has 0 aliphatic carbocycles. The second-order valence-electron chi connectivity index (χ2n) is 2.15. The van der Waals surface area contributed by atoms with Crippen molar-refractivity contribution in [2.45, 2.75) is 19.8 Å². The molecule has 4 nitrogen and oxygen atoms in total. The SMILES string of the molecule is CCC(CC(=O)OF)C(=O)OF. The van der Waals surface area contributed by atoms with E-state index in [9.17, 15) is 18.6 Å². The van der Waals surface area contributed by atoms with Crippen LogP contribution in [0.15, 0.2) is 0 Å². The van der Waals surface area contributed by atoms with Gasteiger partial charge in [-0.3, -0.25) is 9.88 Å². The molecule has 0 rings (SSSR count). The van der Waals surface area contributed by atoms with E-state index in [4.69, 9.17) is 0 Å². The highest BCUT2D eigenvalue weighted by Crippen LogP contribution is 2.11. The molecule has 0 N–H and O–H groups in total. The standard InChI is InChI=1S/C6H8F2O4/c1-2-4(6(10)12-8)3-5(9)11-7/h4H,2-3H2,1H3. The smallest absolute Gasteiger partial charge is 0.255 e. The Bertz CT molecular complexity index is 171. The van der Waals surface area contributed by atoms with Gasteiger partial charge in [0.15, 0.2) is 0 Å². The third-order valence-corrected chi connectivity index (χ3v) is 1.40. The van der Waals surface area contributed by atoms with Crippen molar-refractivity contribution in [1.29, 1.82) is 0 Å². The third-order valence-electron chi connectivity index (χ3n) is 1.40. The van der Waals surface area contributed by atoms with Crippen LogP contribution in [0.2, 0.25) is 0 Å². The predicted molar refractivity (Wildman–Crippen MR) is 32.8 cm³/mol. The van der Waals surface area contributed by atoms with E-state index in [1.807, 2.05) is 0 Å². The van der Waals surface area contributed by atoms with Gasteiger partial charge < -0.3 is 0 Å². The van der Waals surface area contributed by atoms with Crippen molar-refractivity contribution in [3.05, 3.63) is 0 Å². The number of hydrogen-bond donors (Lipinski definition) is 0. The highest BCUT2D eigenvalue weighted by Gasteiger charge is 2.23. The summed E-state index contributed by atoms with van der Waals surface area (Å²) in [6, 6.07) is 0. The molecule has 0 bridgehead atoms. The minimum absolute atomic E-state index is 0.178. The van der Waals surface area contributed by atoms with Crippen molar-refractivity contribution in [1.82, 2.24) is 0 Å². The van der Waals surface area contributed by atoms with Gasteiger partial charge in [-0.2, -0.15) is 0 Å². The quantitative estimate of drug-likeness (QED) is 0.656. The van der Waals surface area contributed by atoms with Gasteiger partial charge in [0.2, 0.25) is 0 Å². The van der Waals surface area contributed by atoms with Crippen LogP contribution in [0.5, 0.6) is 0 Å². The van der Waals surface area contributed by atoms with E-state index in [0.717, 1.165) is 0 Å². The van der Waals surface area contributed by atoms with Crippen molar-refractivity contribution in [3.63, 3.8) is 0 Å². The predicted octanol–water partition coefficient (Wildman–Crippen LogP) is 1.26. The first kappa shape index (κ1) is 10.8. The van der Waals surface area contributed by atoms with Gasteiger partial charge in [-0.25, -0.2) is 9.59 Å². The average Bonchev–Trinajstić information content (AvgIpc) is 2.12. The fraction of sp³-hybridized carbons (Fsp3) is 0.667. The second-order valence-corrected chi connectivity index (χ2v) is 2.15. The molecule has 0 radical (unpaired) electrons. The molecule has 0 aliphatic rings. The summed E-state index contributed by atoms with van der Waals surface area (Å²) in [4.78, 5) is 26.4. The summed E-state index contributed by atoms with van der Waals surface area (Å²) in [7, 11) is 0. The number of hydrogen-bond acceptors (Lipinski definition) is 4. The molecule has 0 fully saturated rings. The Morgan fingerprint density at radius 1 is 1.33 bits per heavy atom. The zero-order valence-electron chi connectivity index (χ0n) is 6.38. The molecule has 0 aromatic carbocycles. The summed E-state index contributed by atoms with van der Waals surface area (Å²) in [6.07, 6.45) is -0.340. The van der Waals surface area contributed by atoms with E-state index in [-0.39, 0.29) is 6.42 Å². The van der Waals surface area contributed by atoms with Gasteiger partial charge in [0.05, 0.1) is 12.3 Å². The van der Waals surface area contributed by atoms with Crippen LogP contribution < -0.4 is 0 Å². The maximum absolute atomic E-state index is 11.3. The number of carbonyl (C=O) groups is 2. The van der Waals surface area contributed by atoms with Crippen LogP contribution >= 0.6 is 0 Å². The number of halogens is 2. The molecule has 1 atom stereocenters. The molecule has 0 saturated heterocycles. The van der Waals surface area contributed by atoms with Crippen LogP contribution in [0.3, 0.4) is 0 Å². The highest BCUT2D eigenvalue weighted by molar-refractivity contribution is 5.79. The lowest BCUT2D eigenvalue weighted by atomic mass is 10.0. The topological polar surface area (TPSA) is 52.6 Å². The Labute approximate surface area is 67.2 Å². The first-order chi connectivity index (χ1) is 5.65. The first-order valence-corrected chi connectivity index (χ1v) is 3.29. The molecule has 0 aromatic rings. The summed E-state index contributed by atoms with van der Waals surface area (Å²) < 4.78 is 22.4. The Balaban J connectivity index is 3.99. The Kier molecular flexibility index (Phi) is 4.91. The molecule has 0 amide bonds. The van der Waals surface area contributed by atoms with Crippen LogP contribution in [0.1, 0.15) is 19.8 Å². The Morgan fingerprint density at radius 3 is 2.25 bits per heavy atom. The van der Waals surface area contributed by atoms with Gasteiger partial charge in [-0.1, -0.05) is 6.92 Å². The summed E-state index contributed by atoms with van der Waals surface area (Å²) in [6.45, 7) is 1.53. The second kappa shape index (κ2) is 5.45. The fourth-order valence-corrected chi connectivity index (χ4v) is 0.690. The Hall–Kier alpha value is -1.20. The minimum atomic E-state index is -1.22. The van der Waals surface area contributed by atoms with Gasteiger partial charge in [-0.05, 0) is 6.42 Å². The van der Waals surface area contributed by atoms with Crippen molar-refractivity contribution in [2.24, 2.45) is 5.92 Å². The number of rotatable bonds is 4. The maximum atomic E-state index is 11.3. The molecule has 0 aromatic heterocycles. The maximum Gasteiger partial charge on any atom is 0.352 e. The lowest BCUT2D eigenvalue weighted by Crippen LogP contribution is -2.18. The van der Waals surface area contributed by atoms with Crippen LogP contribution in [0, 0.1) is 5.92 Å². The molecule has 0 aliphatic heterocycles. The van der Waals surface area contributed by atoms with Crippen molar-refractivity contribution in [2.75, 3.05) is 0 Å². The summed E-state index contributed by atoms with van der Waals surface area (Å²) >= 11 is 0. The normalized spacial score (nSPS) is 11.9. The van der Waals surface area contributed by atoms with E-state index in [1.54, 1.807) is 0 Å². The van der Waals surface area contributed by atoms with Crippen LogP contribution in [0.25, 0.3) is 0 Å². The van der Waals surface area contributed by atoms with Gasteiger partial charge in [-0.15, -0.1) is 0 Å². The van der Waals surface area contributed by atoms with Crippen LogP contribution in [-0.2, 0) is 19.5 Å². The van der Waals surface area contributed by atoms with Gasteiger partial charge >= 0.3 is 11.9 Å². The first-order valence-electron chi connectivity index (χ1n) is 3.29. The fourth-order valence-electron chi connectivity index (χ4n) is 0.690. The van der Waals surface area contributed by atoms with Crippen molar-refractivity contribution < 1.29 is 28.5 Å². The Morgan fingerprint density at radius 2 is 1.92 bits per heavy atom. The lowest BCUT2D eigenvalue weighted by Gasteiger charge is -2.05. The van der Waals surface area contributed by atoms with Gasteiger partial charge in [0.25, 0.3) is 0 Å². The lowest BCUT2D eigenvalue weighted by molar-refractivity contribution is -0.196. The summed E-state index contributed by atoms with van der Waals surface area (Å²) in [5.41, 5.74) is 0. The average molecular weight is 182 g/mol. The van der Waals surface area contributed by atoms with E-state index < -0.39 is 24.3 Å². The molecule has 12 heavy (non-hydrogen) atoms. The van der Waals surface area contributed by atoms with Crippen LogP contribution in [-0.4, -0.2) is 11.9 Å². The molecule has 1 unspecified atom stereocenters. The van der Waals surface area contributed by atoms with Gasteiger partial charge in [0, 0.05) is 9.05 Å². The van der Waals surface area contributed by atoms with Crippen LogP contribution in [0.4, 0.5) is 9.05 Å². The molecular weight excluding hydrogens is 174 g/mol. The zero-order valence-corrected chi connectivity index (χ0v) is 6.38. The highest BCUT2D eigenvalue weighted by atomic mass is 19.3. The summed E-state index contributed by atoms with van der Waals surface area (Å²) in [5.74, 6) is -3.39. The minimum Gasteiger partial charge on any atom is -0.255 e. The molecule has 0 saturated carbocycles. The van der Waals surface area contributed by atoms with E-state index in [1.165, 1.54) is 6.92 Å². The summed E-state index contributed by atoms with van der Waals surface area (Å²) in [5, 5.41) is 0. The zero-order chi connectivity index (χ0) is 9.56. The molecule has 0 heterocycles. The molecular formula is C6H8F2O4. The third kappa shape index (κ3) is 3.27. The van der Waals surface area contributed by atoms with E-state index in [2.05, 4.69) is 9.88 Å². The van der Waals surface area contributed by atoms with E-state index in [0.29, 0.717) is 0 Å². The van der Waals surface area contributed by atoms with Gasteiger partial charge in [0.1, 0.15) is 0 Å². The van der Waals surface area contributed by atoms with Crippen molar-refractivity contribution >= 4 is 11.9 Å². The monoisotopic (exact) mass is 182 g/mol. The van der Waals surface area contributed by atoms with Crippen molar-refractivity contribution in [3.8, 4) is 0 Å². The van der Waals surface area contributed by atoms with E-state index >= 15 is 0 Å². The molecule has 70 valence electrons. The molecule has 6 heteroatoms. The number of carbonyl (C=O) groups excluding carboxylic acids is 2.